The second-order valence-corrected chi connectivity index (χ2v) is 4.66. The summed E-state index contributed by atoms with van der Waals surface area (Å²) >= 11 is 0. The van der Waals surface area contributed by atoms with E-state index < -0.39 is 0 Å². The number of hydrogen-bond donors (Lipinski definition) is 2. The van der Waals surface area contributed by atoms with Crippen molar-refractivity contribution in [3.05, 3.63) is 0 Å². The Bertz CT molecular complexity index is 188. The molecule has 1 atom stereocenters. The second kappa shape index (κ2) is 6.83. The Hall–Kier alpha value is -0.570. The van der Waals surface area contributed by atoms with Crippen LogP contribution in [0, 0.1) is 5.92 Å². The van der Waals surface area contributed by atoms with Gasteiger partial charge in [-0.1, -0.05) is 32.6 Å². The number of hydrogen-bond acceptors (Lipinski definition) is 2. The minimum Gasteiger partial charge on any atom is -0.356 e. The molecule has 0 heterocycles. The SMILES string of the molecule is CCC(N)CC(=O)NCCC1CCCC1. The molecule has 0 aromatic heterocycles. The number of nitrogens with two attached hydrogens (primary N) is 1. The summed E-state index contributed by atoms with van der Waals surface area (Å²) in [7, 11) is 0. The van der Waals surface area contributed by atoms with Crippen molar-refractivity contribution in [2.75, 3.05) is 6.54 Å². The maximum absolute atomic E-state index is 11.4. The molecule has 15 heavy (non-hydrogen) atoms. The molecule has 0 bridgehead atoms. The van der Waals surface area contributed by atoms with Crippen LogP contribution in [0.1, 0.15) is 51.9 Å². The van der Waals surface area contributed by atoms with Crippen LogP contribution in [-0.4, -0.2) is 18.5 Å². The summed E-state index contributed by atoms with van der Waals surface area (Å²) in [6.07, 6.45) is 7.94. The maximum atomic E-state index is 11.4. The lowest BCUT2D eigenvalue weighted by molar-refractivity contribution is -0.121. The highest BCUT2D eigenvalue weighted by molar-refractivity contribution is 5.76. The summed E-state index contributed by atoms with van der Waals surface area (Å²) in [6.45, 7) is 2.84. The van der Waals surface area contributed by atoms with Gasteiger partial charge in [0.15, 0.2) is 0 Å². The molecular weight excluding hydrogens is 188 g/mol. The number of carbonyl (C=O) groups is 1. The number of carbonyl (C=O) groups excluding carboxylic acids is 1. The lowest BCUT2D eigenvalue weighted by Gasteiger charge is -2.11. The van der Waals surface area contributed by atoms with Gasteiger partial charge in [0.1, 0.15) is 0 Å². The van der Waals surface area contributed by atoms with E-state index in [2.05, 4.69) is 5.32 Å². The Morgan fingerprint density at radius 2 is 2.13 bits per heavy atom. The molecule has 0 radical (unpaired) electrons. The van der Waals surface area contributed by atoms with Gasteiger partial charge in [-0.05, 0) is 18.8 Å². The zero-order chi connectivity index (χ0) is 11.1. The van der Waals surface area contributed by atoms with E-state index in [0.29, 0.717) is 6.42 Å². The largest absolute Gasteiger partial charge is 0.356 e. The average molecular weight is 212 g/mol. The number of rotatable bonds is 6. The zero-order valence-corrected chi connectivity index (χ0v) is 9.80. The normalized spacial score (nSPS) is 19.1. The van der Waals surface area contributed by atoms with Crippen LogP contribution < -0.4 is 11.1 Å². The van der Waals surface area contributed by atoms with Gasteiger partial charge in [0, 0.05) is 19.0 Å². The summed E-state index contributed by atoms with van der Waals surface area (Å²) in [6, 6.07) is 0.0245. The molecule has 0 aromatic carbocycles. The topological polar surface area (TPSA) is 55.1 Å². The highest BCUT2D eigenvalue weighted by Gasteiger charge is 2.14. The van der Waals surface area contributed by atoms with E-state index in [-0.39, 0.29) is 11.9 Å². The molecule has 1 aliphatic rings. The molecule has 1 unspecified atom stereocenters. The molecule has 0 saturated heterocycles. The third kappa shape index (κ3) is 5.17. The van der Waals surface area contributed by atoms with Crippen molar-refractivity contribution >= 4 is 5.91 Å². The van der Waals surface area contributed by atoms with Gasteiger partial charge in [0.05, 0.1) is 0 Å². The molecule has 88 valence electrons. The van der Waals surface area contributed by atoms with Crippen molar-refractivity contribution in [2.24, 2.45) is 11.7 Å². The van der Waals surface area contributed by atoms with Gasteiger partial charge in [-0.15, -0.1) is 0 Å². The Morgan fingerprint density at radius 3 is 2.73 bits per heavy atom. The third-order valence-electron chi connectivity index (χ3n) is 3.32. The number of nitrogens with one attached hydrogen (secondary N) is 1. The van der Waals surface area contributed by atoms with E-state index in [9.17, 15) is 4.79 Å². The first-order chi connectivity index (χ1) is 7.22. The molecule has 3 heteroatoms. The standard InChI is InChI=1S/C12H24N2O/c1-2-11(13)9-12(15)14-8-7-10-5-3-4-6-10/h10-11H,2-9,13H2,1H3,(H,14,15). The Morgan fingerprint density at radius 1 is 1.47 bits per heavy atom. The Kier molecular flexibility index (Phi) is 5.69. The molecule has 0 aliphatic heterocycles. The van der Waals surface area contributed by atoms with E-state index in [4.69, 9.17) is 5.73 Å². The molecule has 3 nitrogen and oxygen atoms in total. The predicted molar refractivity (Wildman–Crippen MR) is 62.5 cm³/mol. The molecule has 3 N–H and O–H groups in total. The lowest BCUT2D eigenvalue weighted by atomic mass is 10.0. The van der Waals surface area contributed by atoms with E-state index >= 15 is 0 Å². The van der Waals surface area contributed by atoms with Gasteiger partial charge in [-0.25, -0.2) is 0 Å². The van der Waals surface area contributed by atoms with Crippen molar-refractivity contribution in [3.63, 3.8) is 0 Å². The first kappa shape index (κ1) is 12.5. The van der Waals surface area contributed by atoms with E-state index in [1.165, 1.54) is 25.7 Å². The average Bonchev–Trinajstić information content (AvgIpc) is 2.70. The quantitative estimate of drug-likeness (QED) is 0.705. The van der Waals surface area contributed by atoms with Crippen LogP contribution in [0.2, 0.25) is 0 Å². The minimum atomic E-state index is 0.0245. The molecular formula is C12H24N2O. The summed E-state index contributed by atoms with van der Waals surface area (Å²) in [4.78, 5) is 11.4. The number of amides is 1. The fourth-order valence-corrected chi connectivity index (χ4v) is 2.17. The zero-order valence-electron chi connectivity index (χ0n) is 9.80. The second-order valence-electron chi connectivity index (χ2n) is 4.66. The van der Waals surface area contributed by atoms with Crippen LogP contribution in [-0.2, 0) is 4.79 Å². The van der Waals surface area contributed by atoms with Crippen LogP contribution in [0.15, 0.2) is 0 Å². The van der Waals surface area contributed by atoms with Crippen molar-refractivity contribution in [1.29, 1.82) is 0 Å². The van der Waals surface area contributed by atoms with Gasteiger partial charge in [-0.3, -0.25) is 4.79 Å². The van der Waals surface area contributed by atoms with Crippen LogP contribution in [0.3, 0.4) is 0 Å². The minimum absolute atomic E-state index is 0.0245. The van der Waals surface area contributed by atoms with E-state index in [1.807, 2.05) is 6.92 Å². The van der Waals surface area contributed by atoms with Crippen molar-refractivity contribution in [2.45, 2.75) is 57.9 Å². The van der Waals surface area contributed by atoms with Gasteiger partial charge in [-0.2, -0.15) is 0 Å². The van der Waals surface area contributed by atoms with Crippen LogP contribution in [0.4, 0.5) is 0 Å². The van der Waals surface area contributed by atoms with Crippen molar-refractivity contribution < 1.29 is 4.79 Å². The summed E-state index contributed by atoms with van der Waals surface area (Å²) in [5, 5.41) is 2.96. The fourth-order valence-electron chi connectivity index (χ4n) is 2.17. The van der Waals surface area contributed by atoms with E-state index in [0.717, 1.165) is 25.3 Å². The van der Waals surface area contributed by atoms with Crippen LogP contribution in [0.5, 0.6) is 0 Å². The highest BCUT2D eigenvalue weighted by Crippen LogP contribution is 2.26. The molecule has 1 amide bonds. The molecule has 1 fully saturated rings. The predicted octanol–water partition coefficient (Wildman–Crippen LogP) is 1.81. The maximum Gasteiger partial charge on any atom is 0.221 e. The van der Waals surface area contributed by atoms with Gasteiger partial charge >= 0.3 is 0 Å². The van der Waals surface area contributed by atoms with Crippen molar-refractivity contribution in [1.82, 2.24) is 5.32 Å². The van der Waals surface area contributed by atoms with Crippen LogP contribution >= 0.6 is 0 Å². The van der Waals surface area contributed by atoms with Crippen molar-refractivity contribution in [3.8, 4) is 0 Å². The van der Waals surface area contributed by atoms with Gasteiger partial charge in [0.2, 0.25) is 5.91 Å². The Labute approximate surface area is 92.8 Å². The first-order valence-corrected chi connectivity index (χ1v) is 6.24. The lowest BCUT2D eigenvalue weighted by Crippen LogP contribution is -2.32. The first-order valence-electron chi connectivity index (χ1n) is 6.24. The third-order valence-corrected chi connectivity index (χ3v) is 3.32. The fraction of sp³-hybridized carbons (Fsp3) is 0.917. The molecule has 0 spiro atoms. The molecule has 1 aliphatic carbocycles. The smallest absolute Gasteiger partial charge is 0.221 e. The molecule has 0 aromatic rings. The van der Waals surface area contributed by atoms with Gasteiger partial charge in [0.25, 0.3) is 0 Å². The molecule has 1 rings (SSSR count). The summed E-state index contributed by atoms with van der Waals surface area (Å²) < 4.78 is 0. The highest BCUT2D eigenvalue weighted by atomic mass is 16.1. The molecule has 1 saturated carbocycles. The van der Waals surface area contributed by atoms with Gasteiger partial charge < -0.3 is 11.1 Å². The summed E-state index contributed by atoms with van der Waals surface area (Å²) in [5.41, 5.74) is 5.71. The van der Waals surface area contributed by atoms with E-state index in [1.54, 1.807) is 0 Å². The summed E-state index contributed by atoms with van der Waals surface area (Å²) in [5.74, 6) is 0.965. The monoisotopic (exact) mass is 212 g/mol. The Balaban J connectivity index is 2.01. The van der Waals surface area contributed by atoms with Crippen LogP contribution in [0.25, 0.3) is 0 Å².